The lowest BCUT2D eigenvalue weighted by Gasteiger charge is -2.27. The van der Waals surface area contributed by atoms with Crippen molar-refractivity contribution in [2.45, 2.75) is 33.4 Å². The number of benzene rings is 1. The van der Waals surface area contributed by atoms with E-state index in [-0.39, 0.29) is 30.8 Å². The summed E-state index contributed by atoms with van der Waals surface area (Å²) >= 11 is 0. The first kappa shape index (κ1) is 19.1. The van der Waals surface area contributed by atoms with E-state index in [1.54, 1.807) is 10.8 Å². The Kier molecular flexibility index (Phi) is 4.39. The highest BCUT2D eigenvalue weighted by Crippen LogP contribution is 2.44. The normalized spacial score (nSPS) is 15.1. The van der Waals surface area contributed by atoms with Crippen LogP contribution in [0.5, 0.6) is 5.75 Å². The van der Waals surface area contributed by atoms with Crippen LogP contribution in [0.4, 0.5) is 0 Å². The number of imidazole rings is 1. The van der Waals surface area contributed by atoms with Gasteiger partial charge in [0.15, 0.2) is 5.75 Å². The number of nitrogens with zero attached hydrogens (tertiary/aromatic N) is 3. The van der Waals surface area contributed by atoms with Crippen LogP contribution in [0, 0.1) is 13.8 Å². The number of hydrogen-bond acceptors (Lipinski definition) is 6. The van der Waals surface area contributed by atoms with Gasteiger partial charge in [-0.15, -0.1) is 0 Å². The van der Waals surface area contributed by atoms with E-state index < -0.39 is 0 Å². The zero-order valence-electron chi connectivity index (χ0n) is 17.4. The Morgan fingerprint density at radius 2 is 2.19 bits per heavy atom. The van der Waals surface area contributed by atoms with E-state index in [1.807, 2.05) is 38.1 Å². The number of aromatic amines is 1. The standard InChI is InChI=1S/C22H21N5O4/c1-11-18(12(2)31-26-11)15-8-14(9-24-13(3)28)19-20-21(15)30-10-17(27(20)22(29)25-19)16-6-4-5-7-23-16/h4-8,17H,9-10H2,1-3H3,(H,24,28)(H,25,29). The third-order valence-corrected chi connectivity index (χ3v) is 5.58. The number of carbonyl (C=O) groups is 1. The van der Waals surface area contributed by atoms with Gasteiger partial charge in [-0.3, -0.25) is 14.3 Å². The maximum atomic E-state index is 13.1. The number of amides is 1. The summed E-state index contributed by atoms with van der Waals surface area (Å²) in [4.78, 5) is 32.0. The molecule has 4 heterocycles. The molecule has 0 saturated heterocycles. The molecule has 1 amide bonds. The summed E-state index contributed by atoms with van der Waals surface area (Å²) in [5.74, 6) is 1.08. The van der Waals surface area contributed by atoms with Crippen LogP contribution in [0.1, 0.15) is 35.7 Å². The number of aryl methyl sites for hydroxylation is 2. The van der Waals surface area contributed by atoms with Crippen molar-refractivity contribution >= 4 is 16.9 Å². The first-order chi connectivity index (χ1) is 15.0. The predicted octanol–water partition coefficient (Wildman–Crippen LogP) is 2.61. The molecule has 0 aliphatic carbocycles. The molecule has 0 saturated carbocycles. The van der Waals surface area contributed by atoms with Gasteiger partial charge >= 0.3 is 5.69 Å². The van der Waals surface area contributed by atoms with Gasteiger partial charge in [-0.05, 0) is 37.6 Å². The van der Waals surface area contributed by atoms with Crippen LogP contribution >= 0.6 is 0 Å². The molecule has 1 aromatic carbocycles. The average molecular weight is 419 g/mol. The minimum Gasteiger partial charge on any atom is -0.488 e. The van der Waals surface area contributed by atoms with Gasteiger partial charge in [0.2, 0.25) is 5.91 Å². The van der Waals surface area contributed by atoms with Crippen LogP contribution in [0.25, 0.3) is 22.2 Å². The molecule has 0 bridgehead atoms. The molecule has 9 heteroatoms. The maximum Gasteiger partial charge on any atom is 0.327 e. The molecule has 3 aromatic heterocycles. The summed E-state index contributed by atoms with van der Waals surface area (Å²) in [5, 5.41) is 6.89. The topological polar surface area (TPSA) is 115 Å². The highest BCUT2D eigenvalue weighted by molar-refractivity contribution is 5.95. The molecule has 5 rings (SSSR count). The molecule has 1 aliphatic heterocycles. The van der Waals surface area contributed by atoms with E-state index in [9.17, 15) is 9.59 Å². The predicted molar refractivity (Wildman–Crippen MR) is 113 cm³/mol. The van der Waals surface area contributed by atoms with Crippen molar-refractivity contribution in [3.63, 3.8) is 0 Å². The van der Waals surface area contributed by atoms with Gasteiger partial charge in [0.05, 0.1) is 22.5 Å². The molecule has 0 radical (unpaired) electrons. The van der Waals surface area contributed by atoms with E-state index in [0.29, 0.717) is 22.5 Å². The van der Waals surface area contributed by atoms with Crippen molar-refractivity contribution in [1.82, 2.24) is 25.0 Å². The van der Waals surface area contributed by atoms with Gasteiger partial charge in [-0.1, -0.05) is 11.2 Å². The maximum absolute atomic E-state index is 13.1. The number of rotatable bonds is 4. The summed E-state index contributed by atoms with van der Waals surface area (Å²) in [6, 6.07) is 7.14. The molecule has 1 atom stereocenters. The SMILES string of the molecule is CC(=O)NCc1cc(-c2c(C)noc2C)c2c3c1[nH]c(=O)n3C(c1ccccn1)CO2. The first-order valence-corrected chi connectivity index (χ1v) is 9.97. The van der Waals surface area contributed by atoms with Crippen molar-refractivity contribution in [3.8, 4) is 16.9 Å². The second kappa shape index (κ2) is 7.12. The smallest absolute Gasteiger partial charge is 0.327 e. The molecule has 9 nitrogen and oxygen atoms in total. The lowest BCUT2D eigenvalue weighted by molar-refractivity contribution is -0.119. The van der Waals surface area contributed by atoms with Crippen LogP contribution in [0.2, 0.25) is 0 Å². The summed E-state index contributed by atoms with van der Waals surface area (Å²) in [5.41, 5.74) is 4.84. The van der Waals surface area contributed by atoms with Crippen LogP contribution in [0.3, 0.4) is 0 Å². The number of nitrogens with one attached hydrogen (secondary N) is 2. The molecule has 2 N–H and O–H groups in total. The third kappa shape index (κ3) is 3.00. The van der Waals surface area contributed by atoms with E-state index in [1.165, 1.54) is 6.92 Å². The molecule has 1 unspecified atom stereocenters. The molecule has 0 fully saturated rings. The fourth-order valence-electron chi connectivity index (χ4n) is 4.23. The molecular weight excluding hydrogens is 398 g/mol. The van der Waals surface area contributed by atoms with Crippen molar-refractivity contribution in [3.05, 3.63) is 63.7 Å². The average Bonchev–Trinajstić information content (AvgIpc) is 3.28. The Morgan fingerprint density at radius 1 is 1.35 bits per heavy atom. The molecule has 0 spiro atoms. The van der Waals surface area contributed by atoms with E-state index in [2.05, 4.69) is 20.4 Å². The summed E-state index contributed by atoms with van der Waals surface area (Å²) < 4.78 is 13.3. The number of carbonyl (C=O) groups excluding carboxylic acids is 1. The first-order valence-electron chi connectivity index (χ1n) is 9.97. The molecule has 31 heavy (non-hydrogen) atoms. The Balaban J connectivity index is 1.82. The lowest BCUT2D eigenvalue weighted by atomic mass is 9.97. The number of pyridine rings is 1. The van der Waals surface area contributed by atoms with Crippen LogP contribution in [-0.4, -0.2) is 32.2 Å². The fourth-order valence-corrected chi connectivity index (χ4v) is 4.23. The molecular formula is C22H21N5O4. The Labute approximate surface area is 177 Å². The van der Waals surface area contributed by atoms with Crippen molar-refractivity contribution in [1.29, 1.82) is 0 Å². The summed E-state index contributed by atoms with van der Waals surface area (Å²) in [6.45, 7) is 5.68. The quantitative estimate of drug-likeness (QED) is 0.525. The highest BCUT2D eigenvalue weighted by Gasteiger charge is 2.32. The van der Waals surface area contributed by atoms with Gasteiger partial charge in [0, 0.05) is 25.2 Å². The van der Waals surface area contributed by atoms with Gasteiger partial charge in [0.1, 0.15) is 23.9 Å². The van der Waals surface area contributed by atoms with Crippen molar-refractivity contribution in [2.75, 3.05) is 6.61 Å². The van der Waals surface area contributed by atoms with E-state index in [0.717, 1.165) is 28.1 Å². The fraction of sp³-hybridized carbons (Fsp3) is 0.273. The summed E-state index contributed by atoms with van der Waals surface area (Å²) in [6.07, 6.45) is 1.70. The van der Waals surface area contributed by atoms with Gasteiger partial charge in [-0.25, -0.2) is 4.79 Å². The van der Waals surface area contributed by atoms with Crippen LogP contribution in [0.15, 0.2) is 39.8 Å². The molecule has 4 aromatic rings. The lowest BCUT2D eigenvalue weighted by Crippen LogP contribution is -2.31. The number of ether oxygens (including phenoxy) is 1. The zero-order valence-corrected chi connectivity index (χ0v) is 17.4. The van der Waals surface area contributed by atoms with Crippen molar-refractivity contribution < 1.29 is 14.1 Å². The Morgan fingerprint density at radius 3 is 2.87 bits per heavy atom. The largest absolute Gasteiger partial charge is 0.488 e. The van der Waals surface area contributed by atoms with Gasteiger partial charge in [-0.2, -0.15) is 0 Å². The zero-order chi connectivity index (χ0) is 21.7. The number of H-pyrrole nitrogens is 1. The number of hydrogen-bond donors (Lipinski definition) is 2. The molecule has 158 valence electrons. The third-order valence-electron chi connectivity index (χ3n) is 5.58. The van der Waals surface area contributed by atoms with Gasteiger partial charge in [0.25, 0.3) is 0 Å². The summed E-state index contributed by atoms with van der Waals surface area (Å²) in [7, 11) is 0. The van der Waals surface area contributed by atoms with Gasteiger partial charge < -0.3 is 19.6 Å². The van der Waals surface area contributed by atoms with E-state index >= 15 is 0 Å². The van der Waals surface area contributed by atoms with Crippen molar-refractivity contribution in [2.24, 2.45) is 0 Å². The second-order valence-electron chi connectivity index (χ2n) is 7.63. The minimum absolute atomic E-state index is 0.160. The Hall–Kier alpha value is -3.88. The highest BCUT2D eigenvalue weighted by atomic mass is 16.5. The Bertz CT molecular complexity index is 1350. The van der Waals surface area contributed by atoms with E-state index in [4.69, 9.17) is 9.26 Å². The second-order valence-corrected chi connectivity index (χ2v) is 7.63. The number of aromatic nitrogens is 4. The minimum atomic E-state index is -0.372. The molecule has 1 aliphatic rings. The van der Waals surface area contributed by atoms with Crippen LogP contribution < -0.4 is 15.7 Å². The van der Waals surface area contributed by atoms with Crippen LogP contribution in [-0.2, 0) is 11.3 Å². The monoisotopic (exact) mass is 419 g/mol.